The summed E-state index contributed by atoms with van der Waals surface area (Å²) in [7, 11) is 0. The van der Waals surface area contributed by atoms with Gasteiger partial charge in [0, 0.05) is 11.1 Å². The van der Waals surface area contributed by atoms with Crippen molar-refractivity contribution in [3.8, 4) is 5.75 Å². The SMILES string of the molecule is C[C@]12CC[C@@H]3c4ccc(O)cc4CC[C@H]3[C@H]1CC/C2=N/N. The first-order valence-electron chi connectivity index (χ1n) is 8.22. The van der Waals surface area contributed by atoms with E-state index in [1.807, 2.05) is 12.1 Å². The summed E-state index contributed by atoms with van der Waals surface area (Å²) in [6.45, 7) is 2.39. The minimum absolute atomic E-state index is 0.240. The maximum atomic E-state index is 9.71. The van der Waals surface area contributed by atoms with Crippen molar-refractivity contribution in [1.29, 1.82) is 0 Å². The van der Waals surface area contributed by atoms with Crippen LogP contribution in [0, 0.1) is 17.3 Å². The highest BCUT2D eigenvalue weighted by Gasteiger charge is 2.53. The standard InChI is InChI=1S/C18H24N2O/c1-18-9-8-14-13-5-3-12(21)10-11(13)2-4-15(14)16(18)6-7-17(18)20-19/h3,5,10,14-16,21H,2,4,6-9,19H2,1H3/b20-17-/t14-,15-,16-,18+/m1/s1. The summed E-state index contributed by atoms with van der Waals surface area (Å²) in [5.74, 6) is 8.23. The summed E-state index contributed by atoms with van der Waals surface area (Å²) in [6.07, 6.45) is 7.12. The molecule has 4 atom stereocenters. The number of phenolic OH excluding ortho intramolecular Hbond substituents is 1. The number of hydrogen-bond donors (Lipinski definition) is 2. The van der Waals surface area contributed by atoms with Crippen molar-refractivity contribution >= 4 is 5.71 Å². The lowest BCUT2D eigenvalue weighted by Crippen LogP contribution is -2.42. The monoisotopic (exact) mass is 284 g/mol. The van der Waals surface area contributed by atoms with Crippen LogP contribution in [0.5, 0.6) is 5.75 Å². The summed E-state index contributed by atoms with van der Waals surface area (Å²) in [5.41, 5.74) is 4.35. The third-order valence-corrected chi connectivity index (χ3v) is 6.61. The quantitative estimate of drug-likeness (QED) is 0.565. The second-order valence-electron chi connectivity index (χ2n) is 7.37. The Hall–Kier alpha value is -1.51. The van der Waals surface area contributed by atoms with Crippen molar-refractivity contribution in [1.82, 2.24) is 0 Å². The van der Waals surface area contributed by atoms with E-state index < -0.39 is 0 Å². The molecule has 2 saturated carbocycles. The summed E-state index contributed by atoms with van der Waals surface area (Å²) in [4.78, 5) is 0. The molecule has 0 amide bonds. The first-order chi connectivity index (χ1) is 10.1. The third kappa shape index (κ3) is 1.76. The van der Waals surface area contributed by atoms with E-state index >= 15 is 0 Å². The van der Waals surface area contributed by atoms with Crippen LogP contribution < -0.4 is 5.84 Å². The van der Waals surface area contributed by atoms with E-state index in [2.05, 4.69) is 18.1 Å². The fourth-order valence-corrected chi connectivity index (χ4v) is 5.57. The molecule has 0 aliphatic heterocycles. The van der Waals surface area contributed by atoms with Gasteiger partial charge < -0.3 is 10.9 Å². The number of fused-ring (bicyclic) bond motifs is 5. The molecule has 2 fully saturated rings. The van der Waals surface area contributed by atoms with Crippen LogP contribution in [-0.2, 0) is 6.42 Å². The lowest BCUT2D eigenvalue weighted by Gasteiger charge is -2.49. The number of benzene rings is 1. The summed E-state index contributed by atoms with van der Waals surface area (Å²) in [6, 6.07) is 5.99. The van der Waals surface area contributed by atoms with Crippen LogP contribution in [0.25, 0.3) is 0 Å². The van der Waals surface area contributed by atoms with Gasteiger partial charge in [-0.3, -0.25) is 0 Å². The molecule has 3 N–H and O–H groups in total. The predicted octanol–water partition coefficient (Wildman–Crippen LogP) is 3.56. The molecule has 3 aliphatic carbocycles. The summed E-state index contributed by atoms with van der Waals surface area (Å²) in [5, 5.41) is 13.8. The first kappa shape index (κ1) is 13.2. The molecule has 21 heavy (non-hydrogen) atoms. The molecule has 3 nitrogen and oxygen atoms in total. The van der Waals surface area contributed by atoms with Crippen LogP contribution in [-0.4, -0.2) is 10.8 Å². The number of aryl methyl sites for hydroxylation is 1. The molecule has 0 saturated heterocycles. The maximum Gasteiger partial charge on any atom is 0.115 e. The van der Waals surface area contributed by atoms with Crippen molar-refractivity contribution in [2.75, 3.05) is 0 Å². The minimum Gasteiger partial charge on any atom is -0.508 e. The lowest BCUT2D eigenvalue weighted by molar-refractivity contribution is 0.0955. The van der Waals surface area contributed by atoms with Gasteiger partial charge >= 0.3 is 0 Å². The Labute approximate surface area is 126 Å². The van der Waals surface area contributed by atoms with Crippen molar-refractivity contribution in [3.63, 3.8) is 0 Å². The Morgan fingerprint density at radius 2 is 2.10 bits per heavy atom. The van der Waals surface area contributed by atoms with E-state index in [4.69, 9.17) is 5.84 Å². The minimum atomic E-state index is 0.240. The molecule has 0 aromatic heterocycles. The Kier molecular flexibility index (Phi) is 2.82. The van der Waals surface area contributed by atoms with Gasteiger partial charge in [0.15, 0.2) is 0 Å². The zero-order valence-corrected chi connectivity index (χ0v) is 12.7. The van der Waals surface area contributed by atoms with E-state index in [0.717, 1.165) is 24.7 Å². The van der Waals surface area contributed by atoms with E-state index in [-0.39, 0.29) is 5.41 Å². The first-order valence-corrected chi connectivity index (χ1v) is 8.22. The topological polar surface area (TPSA) is 58.6 Å². The van der Waals surface area contributed by atoms with E-state index in [9.17, 15) is 5.11 Å². The van der Waals surface area contributed by atoms with Gasteiger partial charge in [-0.15, -0.1) is 0 Å². The molecule has 1 aromatic rings. The van der Waals surface area contributed by atoms with Crippen molar-refractivity contribution in [3.05, 3.63) is 29.3 Å². The normalized spacial score (nSPS) is 39.7. The second-order valence-corrected chi connectivity index (χ2v) is 7.37. The number of hydrogen-bond acceptors (Lipinski definition) is 3. The number of phenols is 1. The zero-order chi connectivity index (χ0) is 14.6. The van der Waals surface area contributed by atoms with E-state index in [1.165, 1.54) is 42.5 Å². The van der Waals surface area contributed by atoms with Crippen LogP contribution in [0.2, 0.25) is 0 Å². The fourth-order valence-electron chi connectivity index (χ4n) is 5.57. The van der Waals surface area contributed by atoms with E-state index in [1.54, 1.807) is 0 Å². The van der Waals surface area contributed by atoms with Gasteiger partial charge in [-0.2, -0.15) is 5.10 Å². The van der Waals surface area contributed by atoms with Gasteiger partial charge in [-0.05, 0) is 79.5 Å². The van der Waals surface area contributed by atoms with Gasteiger partial charge in [-0.25, -0.2) is 0 Å². The molecular weight excluding hydrogens is 260 g/mol. The van der Waals surface area contributed by atoms with Gasteiger partial charge in [0.25, 0.3) is 0 Å². The largest absolute Gasteiger partial charge is 0.508 e. The highest BCUT2D eigenvalue weighted by Crippen LogP contribution is 2.59. The Morgan fingerprint density at radius 3 is 2.90 bits per heavy atom. The molecule has 1 aromatic carbocycles. The molecule has 3 aliphatic rings. The number of aromatic hydroxyl groups is 1. The molecular formula is C18H24N2O. The smallest absolute Gasteiger partial charge is 0.115 e. The van der Waals surface area contributed by atoms with Crippen LogP contribution >= 0.6 is 0 Å². The fraction of sp³-hybridized carbons (Fsp3) is 0.611. The highest BCUT2D eigenvalue weighted by atomic mass is 16.3. The Balaban J connectivity index is 1.72. The van der Waals surface area contributed by atoms with Gasteiger partial charge in [0.1, 0.15) is 5.75 Å². The van der Waals surface area contributed by atoms with Crippen molar-refractivity contribution in [2.45, 2.75) is 51.4 Å². The lowest BCUT2D eigenvalue weighted by atomic mass is 9.55. The van der Waals surface area contributed by atoms with Gasteiger partial charge in [-0.1, -0.05) is 13.0 Å². The molecule has 112 valence electrons. The number of rotatable bonds is 0. The molecule has 3 heteroatoms. The van der Waals surface area contributed by atoms with E-state index in [0.29, 0.717) is 11.7 Å². The van der Waals surface area contributed by atoms with Crippen LogP contribution in [0.3, 0.4) is 0 Å². The average molecular weight is 284 g/mol. The second kappa shape index (κ2) is 4.49. The number of nitrogens with zero attached hydrogens (tertiary/aromatic N) is 1. The summed E-state index contributed by atoms with van der Waals surface area (Å²) >= 11 is 0. The van der Waals surface area contributed by atoms with Crippen LogP contribution in [0.1, 0.15) is 56.1 Å². The van der Waals surface area contributed by atoms with Crippen LogP contribution in [0.4, 0.5) is 0 Å². The maximum absolute atomic E-state index is 9.71. The zero-order valence-electron chi connectivity index (χ0n) is 12.7. The Bertz CT molecular complexity index is 609. The van der Waals surface area contributed by atoms with Crippen molar-refractivity contribution in [2.24, 2.45) is 28.2 Å². The highest BCUT2D eigenvalue weighted by molar-refractivity contribution is 5.92. The number of hydrazone groups is 1. The molecule has 0 spiro atoms. The van der Waals surface area contributed by atoms with Crippen LogP contribution in [0.15, 0.2) is 23.3 Å². The van der Waals surface area contributed by atoms with Crippen molar-refractivity contribution < 1.29 is 5.11 Å². The number of nitrogens with two attached hydrogens (primary N) is 1. The van der Waals surface area contributed by atoms with Gasteiger partial charge in [0.2, 0.25) is 0 Å². The molecule has 0 radical (unpaired) electrons. The molecule has 0 unspecified atom stereocenters. The molecule has 4 rings (SSSR count). The molecule has 0 bridgehead atoms. The molecule has 0 heterocycles. The Morgan fingerprint density at radius 1 is 1.24 bits per heavy atom. The third-order valence-electron chi connectivity index (χ3n) is 6.61. The predicted molar refractivity (Wildman–Crippen MR) is 84.3 cm³/mol. The average Bonchev–Trinajstić information content (AvgIpc) is 2.83. The summed E-state index contributed by atoms with van der Waals surface area (Å²) < 4.78 is 0. The van der Waals surface area contributed by atoms with Gasteiger partial charge in [0.05, 0.1) is 0 Å².